The number of aliphatic imine (C=N–C) groups is 1. The Labute approximate surface area is 94.5 Å². The summed E-state index contributed by atoms with van der Waals surface area (Å²) in [7, 11) is 0. The Hall–Kier alpha value is -1.68. The zero-order valence-corrected chi connectivity index (χ0v) is 9.00. The average molecular weight is 218 g/mol. The van der Waals surface area contributed by atoms with Crippen LogP contribution in [0, 0.1) is 0 Å². The number of carbonyl (C=O) groups excluding carboxylic acids is 1. The first-order valence-corrected chi connectivity index (χ1v) is 5.31. The van der Waals surface area contributed by atoms with Crippen molar-refractivity contribution in [2.45, 2.75) is 0 Å². The summed E-state index contributed by atoms with van der Waals surface area (Å²) in [6.45, 7) is 2.99. The summed E-state index contributed by atoms with van der Waals surface area (Å²) < 4.78 is 5.20. The number of rotatable bonds is 2. The van der Waals surface area contributed by atoms with Crippen LogP contribution in [0.3, 0.4) is 0 Å². The van der Waals surface area contributed by atoms with Crippen molar-refractivity contribution in [3.63, 3.8) is 0 Å². The second kappa shape index (κ2) is 5.42. The van der Waals surface area contributed by atoms with Crippen LogP contribution in [0.25, 0.3) is 0 Å². The first-order chi connectivity index (χ1) is 7.86. The van der Waals surface area contributed by atoms with Gasteiger partial charge in [0.15, 0.2) is 0 Å². The second-order valence-electron chi connectivity index (χ2n) is 3.56. The molecule has 1 saturated heterocycles. The topological polar surface area (TPSA) is 41.9 Å². The lowest BCUT2D eigenvalue weighted by molar-refractivity contribution is 0.0697. The van der Waals surface area contributed by atoms with Crippen molar-refractivity contribution in [3.8, 4) is 0 Å². The number of amides is 1. The Balaban J connectivity index is 1.94. The molecule has 16 heavy (non-hydrogen) atoms. The quantitative estimate of drug-likeness (QED) is 0.553. The third-order valence-electron chi connectivity index (χ3n) is 2.40. The maximum absolute atomic E-state index is 11.6. The van der Waals surface area contributed by atoms with E-state index >= 15 is 0 Å². The van der Waals surface area contributed by atoms with Gasteiger partial charge in [-0.25, -0.2) is 0 Å². The lowest BCUT2D eigenvalue weighted by Gasteiger charge is -2.23. The van der Waals surface area contributed by atoms with Gasteiger partial charge in [0.05, 0.1) is 19.6 Å². The molecule has 0 aromatic heterocycles. The summed E-state index contributed by atoms with van der Waals surface area (Å²) in [6, 6.07) is 9.06. The van der Waals surface area contributed by atoms with Gasteiger partial charge in [0.25, 0.3) is 5.91 Å². The molecule has 1 aromatic carbocycles. The number of benzene rings is 1. The van der Waals surface area contributed by atoms with Crippen LogP contribution in [0.1, 0.15) is 10.4 Å². The summed E-state index contributed by atoms with van der Waals surface area (Å²) in [5.74, 6) is -0.202. The molecule has 1 amide bonds. The molecule has 0 aliphatic carbocycles. The van der Waals surface area contributed by atoms with Crippen LogP contribution in [0.4, 0.5) is 0 Å². The molecule has 1 heterocycles. The first-order valence-electron chi connectivity index (χ1n) is 5.31. The van der Waals surface area contributed by atoms with Gasteiger partial charge in [0, 0.05) is 18.7 Å². The number of ether oxygens (including phenoxy) is 1. The highest BCUT2D eigenvalue weighted by Gasteiger charge is 2.07. The smallest absolute Gasteiger partial charge is 0.278 e. The Kier molecular flexibility index (Phi) is 3.66. The van der Waals surface area contributed by atoms with Crippen molar-refractivity contribution in [2.24, 2.45) is 4.99 Å². The summed E-state index contributed by atoms with van der Waals surface area (Å²) in [5.41, 5.74) is 0.618. The summed E-state index contributed by atoms with van der Waals surface area (Å²) >= 11 is 0. The Morgan fingerprint density at radius 3 is 2.62 bits per heavy atom. The molecule has 1 fully saturated rings. The molecule has 0 saturated carbocycles. The molecule has 0 N–H and O–H groups in total. The summed E-state index contributed by atoms with van der Waals surface area (Å²) in [5, 5.41) is 0. The maximum Gasteiger partial charge on any atom is 0.278 e. The van der Waals surface area contributed by atoms with Crippen LogP contribution in [0.5, 0.6) is 0 Å². The van der Waals surface area contributed by atoms with Crippen LogP contribution >= 0.6 is 0 Å². The number of carbonyl (C=O) groups is 1. The van der Waals surface area contributed by atoms with Crippen molar-refractivity contribution >= 4 is 12.2 Å². The number of hydrogen-bond acceptors (Lipinski definition) is 2. The molecule has 2 rings (SSSR count). The van der Waals surface area contributed by atoms with E-state index < -0.39 is 0 Å². The van der Waals surface area contributed by atoms with Gasteiger partial charge in [0.1, 0.15) is 0 Å². The SMILES string of the molecule is O=C(N=CN1CCOCC1)c1ccccc1. The molecule has 0 atom stereocenters. The van der Waals surface area contributed by atoms with Gasteiger partial charge >= 0.3 is 0 Å². The summed E-state index contributed by atoms with van der Waals surface area (Å²) in [6.07, 6.45) is 1.61. The van der Waals surface area contributed by atoms with Crippen molar-refractivity contribution in [1.82, 2.24) is 4.90 Å². The second-order valence-corrected chi connectivity index (χ2v) is 3.56. The molecule has 4 nitrogen and oxygen atoms in total. The molecule has 84 valence electrons. The van der Waals surface area contributed by atoms with E-state index in [-0.39, 0.29) is 5.91 Å². The Morgan fingerprint density at radius 2 is 1.94 bits per heavy atom. The fraction of sp³-hybridized carbons (Fsp3) is 0.333. The van der Waals surface area contributed by atoms with E-state index in [1.54, 1.807) is 18.5 Å². The highest BCUT2D eigenvalue weighted by atomic mass is 16.5. The molecule has 1 aliphatic heterocycles. The molecular formula is C12H14N2O2. The first kappa shape index (κ1) is 10.8. The zero-order valence-electron chi connectivity index (χ0n) is 9.00. The molecule has 1 aliphatic rings. The predicted octanol–water partition coefficient (Wildman–Crippen LogP) is 1.19. The highest BCUT2D eigenvalue weighted by Crippen LogP contribution is 2.01. The number of nitrogens with zero attached hydrogens (tertiary/aromatic N) is 2. The lowest BCUT2D eigenvalue weighted by atomic mass is 10.2. The van der Waals surface area contributed by atoms with Gasteiger partial charge in [-0.3, -0.25) is 4.79 Å². The third kappa shape index (κ3) is 2.90. The summed E-state index contributed by atoms with van der Waals surface area (Å²) in [4.78, 5) is 17.5. The van der Waals surface area contributed by atoms with E-state index in [2.05, 4.69) is 4.99 Å². The van der Waals surface area contributed by atoms with Crippen LogP contribution < -0.4 is 0 Å². The van der Waals surface area contributed by atoms with Gasteiger partial charge in [-0.05, 0) is 12.1 Å². The minimum absolute atomic E-state index is 0.202. The van der Waals surface area contributed by atoms with Crippen LogP contribution in [0.15, 0.2) is 35.3 Å². The highest BCUT2D eigenvalue weighted by molar-refractivity contribution is 5.98. The Morgan fingerprint density at radius 1 is 1.25 bits per heavy atom. The van der Waals surface area contributed by atoms with Gasteiger partial charge in [-0.2, -0.15) is 4.99 Å². The van der Waals surface area contributed by atoms with E-state index in [0.717, 1.165) is 13.1 Å². The molecule has 0 unspecified atom stereocenters. The lowest BCUT2D eigenvalue weighted by Crippen LogP contribution is -2.35. The normalized spacial score (nSPS) is 16.6. The molecule has 0 spiro atoms. The number of morpholine rings is 1. The predicted molar refractivity (Wildman–Crippen MR) is 61.7 cm³/mol. The van der Waals surface area contributed by atoms with Crippen LogP contribution in [-0.4, -0.2) is 43.4 Å². The van der Waals surface area contributed by atoms with Crippen molar-refractivity contribution in [1.29, 1.82) is 0 Å². The molecular weight excluding hydrogens is 204 g/mol. The van der Waals surface area contributed by atoms with Crippen molar-refractivity contribution < 1.29 is 9.53 Å². The third-order valence-corrected chi connectivity index (χ3v) is 2.40. The van der Waals surface area contributed by atoms with E-state index in [4.69, 9.17) is 4.74 Å². The van der Waals surface area contributed by atoms with E-state index in [1.165, 1.54) is 0 Å². The van der Waals surface area contributed by atoms with E-state index in [0.29, 0.717) is 18.8 Å². The van der Waals surface area contributed by atoms with Gasteiger partial charge in [-0.1, -0.05) is 18.2 Å². The maximum atomic E-state index is 11.6. The van der Waals surface area contributed by atoms with E-state index in [9.17, 15) is 4.79 Å². The van der Waals surface area contributed by atoms with Gasteiger partial charge in [0.2, 0.25) is 0 Å². The monoisotopic (exact) mass is 218 g/mol. The average Bonchev–Trinajstić information content (AvgIpc) is 2.38. The zero-order chi connectivity index (χ0) is 11.2. The van der Waals surface area contributed by atoms with Gasteiger partial charge < -0.3 is 9.64 Å². The minimum Gasteiger partial charge on any atom is -0.378 e. The fourth-order valence-corrected chi connectivity index (χ4v) is 1.48. The van der Waals surface area contributed by atoms with Crippen LogP contribution in [0.2, 0.25) is 0 Å². The number of hydrogen-bond donors (Lipinski definition) is 0. The van der Waals surface area contributed by atoms with Crippen molar-refractivity contribution in [3.05, 3.63) is 35.9 Å². The van der Waals surface area contributed by atoms with Gasteiger partial charge in [-0.15, -0.1) is 0 Å². The minimum atomic E-state index is -0.202. The molecule has 1 aromatic rings. The standard InChI is InChI=1S/C12H14N2O2/c15-12(11-4-2-1-3-5-11)13-10-14-6-8-16-9-7-14/h1-5,10H,6-9H2. The molecule has 0 bridgehead atoms. The van der Waals surface area contributed by atoms with Crippen molar-refractivity contribution in [2.75, 3.05) is 26.3 Å². The molecule has 0 radical (unpaired) electrons. The van der Waals surface area contributed by atoms with E-state index in [1.807, 2.05) is 23.1 Å². The molecule has 4 heteroatoms. The Bertz CT molecular complexity index is 370. The fourth-order valence-electron chi connectivity index (χ4n) is 1.48. The van der Waals surface area contributed by atoms with Crippen LogP contribution in [-0.2, 0) is 4.74 Å². The largest absolute Gasteiger partial charge is 0.378 e.